The molecule has 0 heterocycles. The Morgan fingerprint density at radius 3 is 2.50 bits per heavy atom. The van der Waals surface area contributed by atoms with Gasteiger partial charge in [-0.15, -0.1) is 6.42 Å². The Balaban J connectivity index is 3.97. The van der Waals surface area contributed by atoms with Crippen LogP contribution in [0.15, 0.2) is 0 Å². The number of hydrogen-bond acceptors (Lipinski definition) is 3. The van der Waals surface area contributed by atoms with E-state index in [-0.39, 0.29) is 5.92 Å². The van der Waals surface area contributed by atoms with E-state index in [0.717, 1.165) is 19.5 Å². The summed E-state index contributed by atoms with van der Waals surface area (Å²) in [4.78, 5) is 14.9. The van der Waals surface area contributed by atoms with Crippen LogP contribution in [-0.2, 0) is 4.79 Å². The number of carboxylic acids is 1. The quantitative estimate of drug-likeness (QED) is 0.615. The van der Waals surface area contributed by atoms with E-state index in [1.807, 2.05) is 19.0 Å². The lowest BCUT2D eigenvalue weighted by atomic mass is 10.1. The predicted octanol–water partition coefficient (Wildman–Crippen LogP) is 0.594. The number of terminal acetylenes is 1. The zero-order valence-corrected chi connectivity index (χ0v) is 10.4. The van der Waals surface area contributed by atoms with Crippen LogP contribution in [0, 0.1) is 18.3 Å². The molecular formula is C12H22N2O2. The molecule has 0 fully saturated rings. The standard InChI is InChI=1S/C12H22N2O2/c1-5-7-14(9-6-8-13(3)4)10-11(2)12(15)16/h1,11H,6-10H2,2-4H3,(H,15,16). The summed E-state index contributed by atoms with van der Waals surface area (Å²) in [5, 5.41) is 8.83. The molecule has 0 aromatic heterocycles. The average Bonchev–Trinajstić information content (AvgIpc) is 2.17. The van der Waals surface area contributed by atoms with Gasteiger partial charge in [0, 0.05) is 13.1 Å². The molecule has 1 unspecified atom stereocenters. The first-order valence-electron chi connectivity index (χ1n) is 5.50. The summed E-state index contributed by atoms with van der Waals surface area (Å²) in [7, 11) is 4.04. The van der Waals surface area contributed by atoms with Crippen LogP contribution in [0.1, 0.15) is 13.3 Å². The Labute approximate surface area is 98.2 Å². The van der Waals surface area contributed by atoms with Crippen LogP contribution in [0.25, 0.3) is 0 Å². The van der Waals surface area contributed by atoms with Crippen LogP contribution >= 0.6 is 0 Å². The molecule has 0 bridgehead atoms. The van der Waals surface area contributed by atoms with Gasteiger partial charge in [-0.2, -0.15) is 0 Å². The second-order valence-electron chi connectivity index (χ2n) is 4.34. The van der Waals surface area contributed by atoms with Crippen molar-refractivity contribution in [3.8, 4) is 12.3 Å². The van der Waals surface area contributed by atoms with E-state index in [0.29, 0.717) is 13.1 Å². The second kappa shape index (κ2) is 8.14. The predicted molar refractivity (Wildman–Crippen MR) is 65.2 cm³/mol. The molecule has 0 aromatic carbocycles. The molecule has 0 spiro atoms. The van der Waals surface area contributed by atoms with E-state index >= 15 is 0 Å². The summed E-state index contributed by atoms with van der Waals surface area (Å²) < 4.78 is 0. The third kappa shape index (κ3) is 7.27. The number of carboxylic acid groups (broad SMARTS) is 1. The fourth-order valence-corrected chi connectivity index (χ4v) is 1.44. The van der Waals surface area contributed by atoms with Gasteiger partial charge in [-0.3, -0.25) is 9.69 Å². The Kier molecular flexibility index (Phi) is 7.61. The Bertz CT molecular complexity index is 246. The van der Waals surface area contributed by atoms with Crippen molar-refractivity contribution in [2.45, 2.75) is 13.3 Å². The van der Waals surface area contributed by atoms with Gasteiger partial charge in [0.25, 0.3) is 0 Å². The van der Waals surface area contributed by atoms with Crippen molar-refractivity contribution in [1.82, 2.24) is 9.80 Å². The molecule has 0 amide bonds. The number of aliphatic carboxylic acids is 1. The van der Waals surface area contributed by atoms with E-state index in [1.54, 1.807) is 6.92 Å². The highest BCUT2D eigenvalue weighted by Gasteiger charge is 2.15. The molecule has 0 saturated heterocycles. The lowest BCUT2D eigenvalue weighted by Gasteiger charge is -2.22. The van der Waals surface area contributed by atoms with Gasteiger partial charge in [-0.05, 0) is 27.1 Å². The molecule has 4 heteroatoms. The lowest BCUT2D eigenvalue weighted by molar-refractivity contribution is -0.141. The van der Waals surface area contributed by atoms with E-state index < -0.39 is 5.97 Å². The fourth-order valence-electron chi connectivity index (χ4n) is 1.44. The van der Waals surface area contributed by atoms with Gasteiger partial charge >= 0.3 is 5.97 Å². The lowest BCUT2D eigenvalue weighted by Crippen LogP contribution is -2.34. The summed E-state index contributed by atoms with van der Waals surface area (Å²) >= 11 is 0. The Morgan fingerprint density at radius 1 is 1.44 bits per heavy atom. The molecule has 0 aliphatic heterocycles. The highest BCUT2D eigenvalue weighted by molar-refractivity contribution is 5.69. The summed E-state index contributed by atoms with van der Waals surface area (Å²) in [6.07, 6.45) is 6.26. The molecule has 16 heavy (non-hydrogen) atoms. The minimum atomic E-state index is -0.769. The van der Waals surface area contributed by atoms with Crippen LogP contribution in [0.3, 0.4) is 0 Å². The van der Waals surface area contributed by atoms with Gasteiger partial charge in [0.1, 0.15) is 0 Å². The molecule has 0 radical (unpaired) electrons. The van der Waals surface area contributed by atoms with Crippen LogP contribution in [-0.4, -0.2) is 61.2 Å². The van der Waals surface area contributed by atoms with E-state index in [1.165, 1.54) is 0 Å². The maximum absolute atomic E-state index is 10.7. The van der Waals surface area contributed by atoms with Crippen molar-refractivity contribution in [2.75, 3.05) is 40.3 Å². The maximum atomic E-state index is 10.7. The molecule has 0 aliphatic carbocycles. The SMILES string of the molecule is C#CCN(CCCN(C)C)CC(C)C(=O)O. The summed E-state index contributed by atoms with van der Waals surface area (Å²) in [6, 6.07) is 0. The third-order valence-corrected chi connectivity index (χ3v) is 2.35. The molecule has 1 atom stereocenters. The summed E-state index contributed by atoms with van der Waals surface area (Å²) in [6.45, 7) is 4.58. The maximum Gasteiger partial charge on any atom is 0.307 e. The van der Waals surface area contributed by atoms with Crippen LogP contribution < -0.4 is 0 Å². The molecule has 1 N–H and O–H groups in total. The van der Waals surface area contributed by atoms with E-state index in [9.17, 15) is 4.79 Å². The third-order valence-electron chi connectivity index (χ3n) is 2.35. The van der Waals surface area contributed by atoms with Gasteiger partial charge < -0.3 is 10.0 Å². The van der Waals surface area contributed by atoms with Crippen LogP contribution in [0.4, 0.5) is 0 Å². The molecule has 92 valence electrons. The minimum Gasteiger partial charge on any atom is -0.481 e. The van der Waals surface area contributed by atoms with Crippen molar-refractivity contribution in [2.24, 2.45) is 5.92 Å². The Hall–Kier alpha value is -1.05. The molecule has 0 aromatic rings. The van der Waals surface area contributed by atoms with Gasteiger partial charge in [0.2, 0.25) is 0 Å². The van der Waals surface area contributed by atoms with Crippen LogP contribution in [0.2, 0.25) is 0 Å². The summed E-state index contributed by atoms with van der Waals surface area (Å²) in [5.41, 5.74) is 0. The van der Waals surface area contributed by atoms with Crippen molar-refractivity contribution < 1.29 is 9.90 Å². The topological polar surface area (TPSA) is 43.8 Å². The average molecular weight is 226 g/mol. The number of rotatable bonds is 8. The molecule has 4 nitrogen and oxygen atoms in total. The van der Waals surface area contributed by atoms with Crippen molar-refractivity contribution in [3.63, 3.8) is 0 Å². The smallest absolute Gasteiger partial charge is 0.307 e. The normalized spacial score (nSPS) is 12.8. The molecule has 0 rings (SSSR count). The zero-order chi connectivity index (χ0) is 12.6. The highest BCUT2D eigenvalue weighted by Crippen LogP contribution is 2.01. The van der Waals surface area contributed by atoms with Gasteiger partial charge in [-0.1, -0.05) is 12.8 Å². The number of hydrogen-bond donors (Lipinski definition) is 1. The molecule has 0 saturated carbocycles. The molecule has 0 aliphatic rings. The fraction of sp³-hybridized carbons (Fsp3) is 0.750. The molecular weight excluding hydrogens is 204 g/mol. The van der Waals surface area contributed by atoms with Gasteiger partial charge in [0.15, 0.2) is 0 Å². The second-order valence-corrected chi connectivity index (χ2v) is 4.34. The first-order chi connectivity index (χ1) is 7.47. The van der Waals surface area contributed by atoms with E-state index in [4.69, 9.17) is 11.5 Å². The highest BCUT2D eigenvalue weighted by atomic mass is 16.4. The monoisotopic (exact) mass is 226 g/mol. The zero-order valence-electron chi connectivity index (χ0n) is 10.4. The van der Waals surface area contributed by atoms with Crippen LogP contribution in [0.5, 0.6) is 0 Å². The minimum absolute atomic E-state index is 0.368. The summed E-state index contributed by atoms with van der Waals surface area (Å²) in [5.74, 6) is 1.43. The van der Waals surface area contributed by atoms with E-state index in [2.05, 4.69) is 10.8 Å². The Morgan fingerprint density at radius 2 is 2.06 bits per heavy atom. The van der Waals surface area contributed by atoms with Crippen molar-refractivity contribution >= 4 is 5.97 Å². The first kappa shape index (κ1) is 14.9. The van der Waals surface area contributed by atoms with Gasteiger partial charge in [-0.25, -0.2) is 0 Å². The van der Waals surface area contributed by atoms with Crippen molar-refractivity contribution in [3.05, 3.63) is 0 Å². The first-order valence-corrected chi connectivity index (χ1v) is 5.50. The largest absolute Gasteiger partial charge is 0.481 e. The number of nitrogens with zero attached hydrogens (tertiary/aromatic N) is 2. The number of carbonyl (C=O) groups is 1. The van der Waals surface area contributed by atoms with Gasteiger partial charge in [0.05, 0.1) is 12.5 Å². The van der Waals surface area contributed by atoms with Crippen molar-refractivity contribution in [1.29, 1.82) is 0 Å².